The van der Waals surface area contributed by atoms with E-state index >= 15 is 0 Å². The summed E-state index contributed by atoms with van der Waals surface area (Å²) in [6, 6.07) is 14.2. The van der Waals surface area contributed by atoms with Crippen LogP contribution in [0.1, 0.15) is 30.3 Å². The molecule has 1 saturated heterocycles. The van der Waals surface area contributed by atoms with Crippen LogP contribution in [-0.4, -0.2) is 41.3 Å². The van der Waals surface area contributed by atoms with Crippen molar-refractivity contribution in [2.45, 2.75) is 30.2 Å². The predicted molar refractivity (Wildman–Crippen MR) is 116 cm³/mol. The minimum absolute atomic E-state index is 0.0921. The average Bonchev–Trinajstić information content (AvgIpc) is 3.21. The van der Waals surface area contributed by atoms with Crippen LogP contribution >= 0.6 is 23.1 Å². The minimum Gasteiger partial charge on any atom is -0.486 e. The van der Waals surface area contributed by atoms with E-state index in [2.05, 4.69) is 6.07 Å². The van der Waals surface area contributed by atoms with Gasteiger partial charge in [-0.3, -0.25) is 4.79 Å². The van der Waals surface area contributed by atoms with Crippen LogP contribution in [0.15, 0.2) is 47.4 Å². The fourth-order valence-corrected chi connectivity index (χ4v) is 5.79. The Morgan fingerprint density at radius 1 is 1.14 bits per heavy atom. The fourth-order valence-electron chi connectivity index (χ4n) is 3.86. The number of carbonyl (C=O) groups excluding carboxylic acids is 1. The molecule has 2 aromatic carbocycles. The highest BCUT2D eigenvalue weighted by Gasteiger charge is 2.30. The Balaban J connectivity index is 1.29. The van der Waals surface area contributed by atoms with Gasteiger partial charge in [-0.1, -0.05) is 12.1 Å². The van der Waals surface area contributed by atoms with Crippen LogP contribution in [0.3, 0.4) is 0 Å². The number of amides is 1. The Hall–Kier alpha value is -2.25. The normalized spacial score (nSPS) is 18.8. The highest BCUT2D eigenvalue weighted by molar-refractivity contribution is 8.00. The number of thiazole rings is 1. The first-order valence-electron chi connectivity index (χ1n) is 9.95. The minimum atomic E-state index is 0.0921. The van der Waals surface area contributed by atoms with E-state index in [0.717, 1.165) is 52.7 Å². The first-order valence-corrected chi connectivity index (χ1v) is 11.8. The number of thioether (sulfide) groups is 1. The first-order chi connectivity index (χ1) is 14.3. The van der Waals surface area contributed by atoms with Gasteiger partial charge < -0.3 is 14.4 Å². The smallest absolute Gasteiger partial charge is 0.233 e. The van der Waals surface area contributed by atoms with Crippen molar-refractivity contribution in [2.75, 3.05) is 25.5 Å². The number of benzene rings is 2. The molecule has 2 aliphatic heterocycles. The number of piperidine rings is 1. The van der Waals surface area contributed by atoms with Crippen LogP contribution in [0.4, 0.5) is 0 Å². The summed E-state index contributed by atoms with van der Waals surface area (Å²) in [5.41, 5.74) is 1.02. The molecule has 0 saturated carbocycles. The molecular weight excluding hydrogens is 404 g/mol. The molecule has 0 bridgehead atoms. The van der Waals surface area contributed by atoms with Crippen LogP contribution in [-0.2, 0) is 4.79 Å². The topological polar surface area (TPSA) is 51.7 Å². The Morgan fingerprint density at radius 3 is 2.90 bits per heavy atom. The van der Waals surface area contributed by atoms with Gasteiger partial charge in [0.15, 0.2) is 11.5 Å². The van der Waals surface area contributed by atoms with Gasteiger partial charge in [0.25, 0.3) is 0 Å². The van der Waals surface area contributed by atoms with E-state index in [0.29, 0.717) is 19.0 Å². The molecule has 0 spiro atoms. The molecule has 0 N–H and O–H groups in total. The zero-order chi connectivity index (χ0) is 19.6. The fraction of sp³-hybridized carbons (Fsp3) is 0.364. The lowest BCUT2D eigenvalue weighted by molar-refractivity contribution is -0.132. The Labute approximate surface area is 178 Å². The van der Waals surface area contributed by atoms with Gasteiger partial charge in [-0.15, -0.1) is 23.1 Å². The molecule has 3 heterocycles. The van der Waals surface area contributed by atoms with E-state index in [1.165, 1.54) is 4.70 Å². The molecule has 7 heteroatoms. The molecular formula is C22H22N2O3S2. The number of rotatable bonds is 4. The number of ether oxygens (including phenoxy) is 2. The SMILES string of the molecule is O=C(CSc1ccc2c(c1)OCCO2)N1CCCC[C@@H]1c1nc2ccccc2s1. The number of hydrogen-bond acceptors (Lipinski definition) is 6. The van der Waals surface area contributed by atoms with Crippen molar-refractivity contribution in [1.82, 2.24) is 9.88 Å². The largest absolute Gasteiger partial charge is 0.486 e. The zero-order valence-electron chi connectivity index (χ0n) is 16.0. The van der Waals surface area contributed by atoms with Crippen LogP contribution in [0.25, 0.3) is 10.2 Å². The lowest BCUT2D eigenvalue weighted by Crippen LogP contribution is -2.39. The van der Waals surface area contributed by atoms with Crippen LogP contribution in [0.2, 0.25) is 0 Å². The monoisotopic (exact) mass is 426 g/mol. The average molecular weight is 427 g/mol. The van der Waals surface area contributed by atoms with E-state index in [4.69, 9.17) is 14.5 Å². The quantitative estimate of drug-likeness (QED) is 0.555. The molecule has 5 rings (SSSR count). The summed E-state index contributed by atoms with van der Waals surface area (Å²) in [7, 11) is 0. The summed E-state index contributed by atoms with van der Waals surface area (Å²) < 4.78 is 12.4. The lowest BCUT2D eigenvalue weighted by atomic mass is 10.0. The maximum absolute atomic E-state index is 13.1. The van der Waals surface area contributed by atoms with E-state index in [1.807, 2.05) is 41.3 Å². The Morgan fingerprint density at radius 2 is 2.00 bits per heavy atom. The van der Waals surface area contributed by atoms with E-state index < -0.39 is 0 Å². The zero-order valence-corrected chi connectivity index (χ0v) is 17.6. The summed E-state index contributed by atoms with van der Waals surface area (Å²) in [6.45, 7) is 1.96. The predicted octanol–water partition coefficient (Wildman–Crippen LogP) is 4.91. The third-order valence-corrected chi connectivity index (χ3v) is 7.41. The van der Waals surface area contributed by atoms with Gasteiger partial charge in [-0.2, -0.15) is 0 Å². The lowest BCUT2D eigenvalue weighted by Gasteiger charge is -2.34. The van der Waals surface area contributed by atoms with Gasteiger partial charge in [0, 0.05) is 11.4 Å². The number of carbonyl (C=O) groups is 1. The molecule has 1 amide bonds. The van der Waals surface area contributed by atoms with Crippen molar-refractivity contribution in [3.05, 3.63) is 47.5 Å². The highest BCUT2D eigenvalue weighted by atomic mass is 32.2. The van der Waals surface area contributed by atoms with Crippen molar-refractivity contribution < 1.29 is 14.3 Å². The van der Waals surface area contributed by atoms with E-state index in [-0.39, 0.29) is 11.9 Å². The maximum atomic E-state index is 13.1. The standard InChI is InChI=1S/C22H22N2O3S2/c25-21(14-28-15-8-9-18-19(13-15)27-12-11-26-18)24-10-4-3-6-17(24)22-23-16-5-1-2-7-20(16)29-22/h1-2,5,7-9,13,17H,3-4,6,10-12,14H2/t17-/m1/s1. The van der Waals surface area contributed by atoms with E-state index in [9.17, 15) is 4.79 Å². The summed E-state index contributed by atoms with van der Waals surface area (Å²) in [4.78, 5) is 21.0. The van der Waals surface area contributed by atoms with Crippen LogP contribution < -0.4 is 9.47 Å². The summed E-state index contributed by atoms with van der Waals surface area (Å²) in [6.07, 6.45) is 3.18. The van der Waals surface area contributed by atoms with Crippen molar-refractivity contribution >= 4 is 39.2 Å². The summed E-state index contributed by atoms with van der Waals surface area (Å²) in [5.74, 6) is 2.13. The maximum Gasteiger partial charge on any atom is 0.233 e. The van der Waals surface area contributed by atoms with Crippen molar-refractivity contribution in [3.8, 4) is 11.5 Å². The Kier molecular flexibility index (Phi) is 5.33. The van der Waals surface area contributed by atoms with Crippen LogP contribution in [0.5, 0.6) is 11.5 Å². The molecule has 0 radical (unpaired) electrons. The molecule has 2 aliphatic rings. The van der Waals surface area contributed by atoms with Gasteiger partial charge in [0.2, 0.25) is 5.91 Å². The number of nitrogens with zero attached hydrogens (tertiary/aromatic N) is 2. The van der Waals surface area contributed by atoms with Crippen molar-refractivity contribution in [1.29, 1.82) is 0 Å². The van der Waals surface area contributed by atoms with Gasteiger partial charge in [0.1, 0.15) is 18.2 Å². The molecule has 3 aromatic rings. The third kappa shape index (κ3) is 3.94. The second kappa shape index (κ2) is 8.24. The number of para-hydroxylation sites is 1. The second-order valence-corrected chi connectivity index (χ2v) is 9.32. The molecule has 29 heavy (non-hydrogen) atoms. The van der Waals surface area contributed by atoms with Gasteiger partial charge in [0.05, 0.1) is 22.0 Å². The van der Waals surface area contributed by atoms with Gasteiger partial charge in [-0.25, -0.2) is 4.98 Å². The van der Waals surface area contributed by atoms with E-state index in [1.54, 1.807) is 23.1 Å². The van der Waals surface area contributed by atoms with Crippen molar-refractivity contribution in [3.63, 3.8) is 0 Å². The molecule has 5 nitrogen and oxygen atoms in total. The summed E-state index contributed by atoms with van der Waals surface area (Å²) in [5, 5.41) is 1.06. The summed E-state index contributed by atoms with van der Waals surface area (Å²) >= 11 is 3.27. The second-order valence-electron chi connectivity index (χ2n) is 7.21. The molecule has 1 fully saturated rings. The van der Waals surface area contributed by atoms with Crippen LogP contribution in [0, 0.1) is 0 Å². The van der Waals surface area contributed by atoms with Gasteiger partial charge >= 0.3 is 0 Å². The van der Waals surface area contributed by atoms with Gasteiger partial charge in [-0.05, 0) is 49.6 Å². The number of hydrogen-bond donors (Lipinski definition) is 0. The third-order valence-electron chi connectivity index (χ3n) is 5.29. The molecule has 1 aromatic heterocycles. The Bertz CT molecular complexity index is 1000. The highest BCUT2D eigenvalue weighted by Crippen LogP contribution is 2.37. The first kappa shape index (κ1) is 18.8. The molecule has 0 aliphatic carbocycles. The molecule has 0 unspecified atom stereocenters. The number of fused-ring (bicyclic) bond motifs is 2. The molecule has 1 atom stereocenters. The number of likely N-dealkylation sites (tertiary alicyclic amines) is 1. The van der Waals surface area contributed by atoms with Crippen molar-refractivity contribution in [2.24, 2.45) is 0 Å². The molecule has 150 valence electrons. The number of aromatic nitrogens is 1.